The van der Waals surface area contributed by atoms with Gasteiger partial charge in [-0.15, -0.1) is 0 Å². The molecule has 0 saturated carbocycles. The molecule has 6 nitrogen and oxygen atoms in total. The fraction of sp³-hybridized carbons (Fsp3) is 0.125. The predicted molar refractivity (Wildman–Crippen MR) is 118 cm³/mol. The molecule has 0 amide bonds. The minimum Gasteiger partial charge on any atom is -0.364 e. The minimum atomic E-state index is -0.447. The van der Waals surface area contributed by atoms with Crippen molar-refractivity contribution in [2.45, 2.75) is 20.4 Å². The number of aromatic nitrogens is 4. The van der Waals surface area contributed by atoms with Crippen LogP contribution in [0.15, 0.2) is 61.3 Å². The first-order valence-corrected chi connectivity index (χ1v) is 9.65. The van der Waals surface area contributed by atoms with Crippen LogP contribution in [-0.2, 0) is 6.54 Å². The number of rotatable bonds is 5. The quantitative estimate of drug-likeness (QED) is 0.439. The van der Waals surface area contributed by atoms with Gasteiger partial charge in [-0.25, -0.2) is 14.2 Å². The molecule has 0 atom stereocenters. The van der Waals surface area contributed by atoms with Crippen LogP contribution >= 0.6 is 0 Å². The maximum absolute atomic E-state index is 15.0. The van der Waals surface area contributed by atoms with Gasteiger partial charge in [-0.3, -0.25) is 15.0 Å². The summed E-state index contributed by atoms with van der Waals surface area (Å²) >= 11 is 0. The summed E-state index contributed by atoms with van der Waals surface area (Å²) in [5.41, 5.74) is 5.54. The van der Waals surface area contributed by atoms with Gasteiger partial charge in [-0.05, 0) is 60.9 Å². The van der Waals surface area contributed by atoms with Crippen LogP contribution in [0.2, 0.25) is 0 Å². The smallest absolute Gasteiger partial charge is 0.213 e. The van der Waals surface area contributed by atoms with Crippen molar-refractivity contribution in [3.8, 4) is 22.4 Å². The normalized spacial score (nSPS) is 10.5. The van der Waals surface area contributed by atoms with Gasteiger partial charge in [0.2, 0.25) is 5.69 Å². The summed E-state index contributed by atoms with van der Waals surface area (Å²) in [7, 11) is 0. The molecular formula is C24H19FN6. The molecule has 0 fully saturated rings. The monoisotopic (exact) mass is 410 g/mol. The number of nitrogens with zero attached hydrogens (tertiary/aromatic N) is 5. The van der Waals surface area contributed by atoms with E-state index in [4.69, 9.17) is 6.57 Å². The Hall–Kier alpha value is -4.18. The molecule has 31 heavy (non-hydrogen) atoms. The standard InChI is InChI=1S/C24H19FN6/c1-15-8-19(14-27-11-15)20-5-7-29-24(22(20)25)31-13-17-10-21(26-3)23(30-12-17)18-4-6-28-16(2)9-18/h4-12,14H,13H2,1-2H3,(H,29,31). The SMILES string of the molecule is [C-]#[N+]c1cc(CNc2nccc(-c3cncc(C)c3)c2F)cnc1-c1ccnc(C)c1. The number of aryl methyl sites for hydroxylation is 2. The Morgan fingerprint density at radius 2 is 1.81 bits per heavy atom. The molecule has 4 rings (SSSR count). The Morgan fingerprint density at radius 1 is 0.968 bits per heavy atom. The van der Waals surface area contributed by atoms with E-state index in [1.165, 1.54) is 0 Å². The average molecular weight is 410 g/mol. The molecule has 0 unspecified atom stereocenters. The highest BCUT2D eigenvalue weighted by molar-refractivity contribution is 5.75. The number of hydrogen-bond acceptors (Lipinski definition) is 5. The van der Waals surface area contributed by atoms with Crippen LogP contribution in [0, 0.1) is 26.2 Å². The van der Waals surface area contributed by atoms with Crippen LogP contribution in [0.25, 0.3) is 27.2 Å². The van der Waals surface area contributed by atoms with Crippen LogP contribution in [0.1, 0.15) is 16.8 Å². The van der Waals surface area contributed by atoms with E-state index in [1.54, 1.807) is 43.1 Å². The third-order valence-corrected chi connectivity index (χ3v) is 4.75. The zero-order valence-electron chi connectivity index (χ0n) is 17.1. The van der Waals surface area contributed by atoms with Gasteiger partial charge in [0.15, 0.2) is 11.6 Å². The highest BCUT2D eigenvalue weighted by atomic mass is 19.1. The molecule has 0 radical (unpaired) electrons. The Bertz CT molecular complexity index is 1300. The molecule has 0 aromatic carbocycles. The van der Waals surface area contributed by atoms with Crippen molar-refractivity contribution in [2.24, 2.45) is 0 Å². The van der Waals surface area contributed by atoms with Gasteiger partial charge >= 0.3 is 0 Å². The molecule has 0 aliphatic heterocycles. The van der Waals surface area contributed by atoms with Crippen molar-refractivity contribution >= 4 is 11.5 Å². The first-order chi connectivity index (χ1) is 15.0. The molecule has 152 valence electrons. The Balaban J connectivity index is 1.57. The molecule has 1 N–H and O–H groups in total. The largest absolute Gasteiger partial charge is 0.364 e. The lowest BCUT2D eigenvalue weighted by molar-refractivity contribution is 0.627. The maximum atomic E-state index is 15.0. The second kappa shape index (κ2) is 8.67. The first kappa shape index (κ1) is 20.1. The maximum Gasteiger partial charge on any atom is 0.213 e. The van der Waals surface area contributed by atoms with Crippen LogP contribution in [0.5, 0.6) is 0 Å². The number of halogens is 1. The topological polar surface area (TPSA) is 68.0 Å². The summed E-state index contributed by atoms with van der Waals surface area (Å²) in [4.78, 5) is 20.5. The fourth-order valence-electron chi connectivity index (χ4n) is 3.27. The second-order valence-corrected chi connectivity index (χ2v) is 7.13. The predicted octanol–water partition coefficient (Wildman–Crippen LogP) is 5.52. The van der Waals surface area contributed by atoms with Crippen LogP contribution in [0.3, 0.4) is 0 Å². The molecule has 4 aromatic heterocycles. The van der Waals surface area contributed by atoms with E-state index < -0.39 is 5.82 Å². The van der Waals surface area contributed by atoms with Crippen molar-refractivity contribution in [1.29, 1.82) is 0 Å². The Morgan fingerprint density at radius 3 is 2.58 bits per heavy atom. The van der Waals surface area contributed by atoms with E-state index in [2.05, 4.69) is 30.1 Å². The van der Waals surface area contributed by atoms with Gasteiger partial charge in [0.05, 0.1) is 12.3 Å². The van der Waals surface area contributed by atoms with Gasteiger partial charge in [0.25, 0.3) is 0 Å². The lowest BCUT2D eigenvalue weighted by atomic mass is 10.1. The molecule has 0 aliphatic carbocycles. The van der Waals surface area contributed by atoms with Crippen LogP contribution < -0.4 is 5.32 Å². The van der Waals surface area contributed by atoms with E-state index in [0.717, 1.165) is 22.4 Å². The molecular weight excluding hydrogens is 391 g/mol. The summed E-state index contributed by atoms with van der Waals surface area (Å²) in [6.45, 7) is 11.6. The highest BCUT2D eigenvalue weighted by Gasteiger charge is 2.13. The average Bonchev–Trinajstić information content (AvgIpc) is 2.78. The van der Waals surface area contributed by atoms with E-state index in [0.29, 0.717) is 22.5 Å². The molecule has 0 bridgehead atoms. The summed E-state index contributed by atoms with van der Waals surface area (Å²) in [6, 6.07) is 8.97. The van der Waals surface area contributed by atoms with E-state index in [1.807, 2.05) is 32.0 Å². The van der Waals surface area contributed by atoms with Gasteiger partial charge < -0.3 is 5.32 Å². The molecule has 4 aromatic rings. The zero-order chi connectivity index (χ0) is 21.8. The third-order valence-electron chi connectivity index (χ3n) is 4.75. The van der Waals surface area contributed by atoms with Crippen molar-refractivity contribution in [3.05, 3.63) is 95.4 Å². The lowest BCUT2D eigenvalue weighted by Gasteiger charge is -2.11. The summed E-state index contributed by atoms with van der Waals surface area (Å²) < 4.78 is 15.0. The summed E-state index contributed by atoms with van der Waals surface area (Å²) in [6.07, 6.45) is 8.28. The summed E-state index contributed by atoms with van der Waals surface area (Å²) in [5.74, 6) is -0.311. The van der Waals surface area contributed by atoms with Crippen molar-refractivity contribution in [2.75, 3.05) is 5.32 Å². The molecule has 0 saturated heterocycles. The second-order valence-electron chi connectivity index (χ2n) is 7.13. The number of hydrogen-bond donors (Lipinski definition) is 1. The van der Waals surface area contributed by atoms with E-state index in [9.17, 15) is 0 Å². The highest BCUT2D eigenvalue weighted by Crippen LogP contribution is 2.30. The van der Waals surface area contributed by atoms with E-state index >= 15 is 4.39 Å². The fourth-order valence-corrected chi connectivity index (χ4v) is 3.27. The Labute approximate surface area is 179 Å². The zero-order valence-corrected chi connectivity index (χ0v) is 17.1. The third kappa shape index (κ3) is 4.38. The number of anilines is 1. The van der Waals surface area contributed by atoms with Crippen molar-refractivity contribution in [3.63, 3.8) is 0 Å². The molecule has 7 heteroatoms. The molecule has 4 heterocycles. The van der Waals surface area contributed by atoms with Crippen molar-refractivity contribution < 1.29 is 4.39 Å². The lowest BCUT2D eigenvalue weighted by Crippen LogP contribution is -2.05. The Kier molecular flexibility index (Phi) is 5.63. The summed E-state index contributed by atoms with van der Waals surface area (Å²) in [5, 5.41) is 3.01. The van der Waals surface area contributed by atoms with Crippen LogP contribution in [0.4, 0.5) is 15.9 Å². The van der Waals surface area contributed by atoms with Gasteiger partial charge in [0, 0.05) is 54.3 Å². The van der Waals surface area contributed by atoms with E-state index in [-0.39, 0.29) is 12.4 Å². The minimum absolute atomic E-state index is 0.136. The number of pyridine rings is 4. The molecule has 0 spiro atoms. The first-order valence-electron chi connectivity index (χ1n) is 9.65. The number of nitrogens with one attached hydrogen (secondary N) is 1. The van der Waals surface area contributed by atoms with Crippen LogP contribution in [-0.4, -0.2) is 19.9 Å². The van der Waals surface area contributed by atoms with Gasteiger partial charge in [-0.2, -0.15) is 0 Å². The van der Waals surface area contributed by atoms with Crippen molar-refractivity contribution in [1.82, 2.24) is 19.9 Å². The molecule has 0 aliphatic rings. The van der Waals surface area contributed by atoms with Gasteiger partial charge in [-0.1, -0.05) is 0 Å². The van der Waals surface area contributed by atoms with Gasteiger partial charge in [0.1, 0.15) is 0 Å².